The molecule has 1 heterocycles. The van der Waals surface area contributed by atoms with Gasteiger partial charge >= 0.3 is 0 Å². The molecule has 5 nitrogen and oxygen atoms in total. The first-order valence-electron chi connectivity index (χ1n) is 5.48. The standard InChI is InChI=1S/C12H12FN3O2/c1-8-15-16-12(18-8)6-5-11(17)14-10-4-2-3-9(13)7-10/h2-4,7H,5-6H2,1H3,(H,14,17). The number of carbonyl (C=O) groups excluding carboxylic acids is 1. The molecule has 0 unspecified atom stereocenters. The number of rotatable bonds is 4. The van der Waals surface area contributed by atoms with E-state index in [1.54, 1.807) is 13.0 Å². The molecular weight excluding hydrogens is 237 g/mol. The number of anilines is 1. The third kappa shape index (κ3) is 3.38. The van der Waals surface area contributed by atoms with Crippen molar-refractivity contribution < 1.29 is 13.6 Å². The van der Waals surface area contributed by atoms with E-state index >= 15 is 0 Å². The van der Waals surface area contributed by atoms with Crippen LogP contribution in [-0.4, -0.2) is 16.1 Å². The van der Waals surface area contributed by atoms with Gasteiger partial charge in [-0.3, -0.25) is 4.79 Å². The molecule has 0 atom stereocenters. The Kier molecular flexibility index (Phi) is 3.66. The minimum Gasteiger partial charge on any atom is -0.426 e. The highest BCUT2D eigenvalue weighted by molar-refractivity contribution is 5.90. The topological polar surface area (TPSA) is 68.0 Å². The van der Waals surface area contributed by atoms with Gasteiger partial charge in [-0.25, -0.2) is 4.39 Å². The van der Waals surface area contributed by atoms with E-state index in [2.05, 4.69) is 15.5 Å². The summed E-state index contributed by atoms with van der Waals surface area (Å²) in [4.78, 5) is 11.6. The summed E-state index contributed by atoms with van der Waals surface area (Å²) in [6.07, 6.45) is 0.570. The molecule has 0 saturated carbocycles. The predicted octanol–water partition coefficient (Wildman–Crippen LogP) is 2.09. The van der Waals surface area contributed by atoms with Gasteiger partial charge in [0.05, 0.1) is 0 Å². The fraction of sp³-hybridized carbons (Fsp3) is 0.250. The number of halogens is 1. The van der Waals surface area contributed by atoms with Gasteiger partial charge in [0.15, 0.2) is 0 Å². The van der Waals surface area contributed by atoms with E-state index in [0.717, 1.165) is 0 Å². The molecule has 0 fully saturated rings. The Hall–Kier alpha value is -2.24. The Morgan fingerprint density at radius 2 is 2.28 bits per heavy atom. The first kappa shape index (κ1) is 12.2. The molecule has 94 valence electrons. The summed E-state index contributed by atoms with van der Waals surface area (Å²) in [6, 6.07) is 5.73. The van der Waals surface area contributed by atoms with Crippen LogP contribution in [0.25, 0.3) is 0 Å². The number of aromatic nitrogens is 2. The van der Waals surface area contributed by atoms with E-state index in [1.807, 2.05) is 0 Å². The second kappa shape index (κ2) is 5.39. The van der Waals surface area contributed by atoms with Gasteiger partial charge in [-0.2, -0.15) is 0 Å². The van der Waals surface area contributed by atoms with Crippen LogP contribution >= 0.6 is 0 Å². The summed E-state index contributed by atoms with van der Waals surface area (Å²) in [5, 5.41) is 10.0. The van der Waals surface area contributed by atoms with Crippen LogP contribution in [0.15, 0.2) is 28.7 Å². The third-order valence-electron chi connectivity index (χ3n) is 2.24. The van der Waals surface area contributed by atoms with E-state index < -0.39 is 0 Å². The number of hydrogen-bond acceptors (Lipinski definition) is 4. The van der Waals surface area contributed by atoms with Crippen molar-refractivity contribution >= 4 is 11.6 Å². The molecule has 0 radical (unpaired) electrons. The molecule has 2 rings (SSSR count). The summed E-state index contributed by atoms with van der Waals surface area (Å²) in [6.45, 7) is 1.68. The van der Waals surface area contributed by atoms with Crippen molar-refractivity contribution in [1.82, 2.24) is 10.2 Å². The van der Waals surface area contributed by atoms with Crippen LogP contribution in [0.1, 0.15) is 18.2 Å². The summed E-state index contributed by atoms with van der Waals surface area (Å²) < 4.78 is 18.0. The number of nitrogens with one attached hydrogen (secondary N) is 1. The maximum absolute atomic E-state index is 12.9. The van der Waals surface area contributed by atoms with Crippen LogP contribution in [0.2, 0.25) is 0 Å². The predicted molar refractivity (Wildman–Crippen MR) is 62.4 cm³/mol. The zero-order valence-corrected chi connectivity index (χ0v) is 9.81. The number of nitrogens with zero attached hydrogens (tertiary/aromatic N) is 2. The van der Waals surface area contributed by atoms with Crippen LogP contribution in [-0.2, 0) is 11.2 Å². The maximum Gasteiger partial charge on any atom is 0.224 e. The van der Waals surface area contributed by atoms with Gasteiger partial charge in [0.1, 0.15) is 5.82 Å². The van der Waals surface area contributed by atoms with Crippen molar-refractivity contribution in [3.05, 3.63) is 41.9 Å². The average molecular weight is 249 g/mol. The molecule has 0 aliphatic heterocycles. The highest BCUT2D eigenvalue weighted by Gasteiger charge is 2.07. The first-order valence-corrected chi connectivity index (χ1v) is 5.48. The van der Waals surface area contributed by atoms with E-state index in [9.17, 15) is 9.18 Å². The zero-order valence-electron chi connectivity index (χ0n) is 9.81. The SMILES string of the molecule is Cc1nnc(CCC(=O)Nc2cccc(F)c2)o1. The molecule has 1 N–H and O–H groups in total. The third-order valence-corrected chi connectivity index (χ3v) is 2.24. The van der Waals surface area contributed by atoms with Gasteiger partial charge in [0, 0.05) is 25.5 Å². The Morgan fingerprint density at radius 1 is 1.44 bits per heavy atom. The normalized spacial score (nSPS) is 10.3. The summed E-state index contributed by atoms with van der Waals surface area (Å²) >= 11 is 0. The number of hydrogen-bond donors (Lipinski definition) is 1. The molecular formula is C12H12FN3O2. The Bertz CT molecular complexity index is 554. The summed E-state index contributed by atoms with van der Waals surface area (Å²) in [5.74, 6) is 0.272. The van der Waals surface area contributed by atoms with Crippen molar-refractivity contribution in [2.75, 3.05) is 5.32 Å². The monoisotopic (exact) mass is 249 g/mol. The maximum atomic E-state index is 12.9. The van der Waals surface area contributed by atoms with Crippen molar-refractivity contribution in [3.63, 3.8) is 0 Å². The average Bonchev–Trinajstić information content (AvgIpc) is 2.73. The minimum atomic E-state index is -0.389. The lowest BCUT2D eigenvalue weighted by Crippen LogP contribution is -2.12. The van der Waals surface area contributed by atoms with E-state index in [0.29, 0.717) is 23.9 Å². The molecule has 0 aliphatic carbocycles. The van der Waals surface area contributed by atoms with Gasteiger partial charge in [0.25, 0.3) is 0 Å². The van der Waals surface area contributed by atoms with Gasteiger partial charge in [-0.15, -0.1) is 10.2 Å². The van der Waals surface area contributed by atoms with Crippen molar-refractivity contribution in [2.45, 2.75) is 19.8 Å². The number of carbonyl (C=O) groups is 1. The van der Waals surface area contributed by atoms with Crippen LogP contribution < -0.4 is 5.32 Å². The molecule has 1 aromatic heterocycles. The number of benzene rings is 1. The molecule has 2 aromatic rings. The molecule has 0 spiro atoms. The molecule has 0 aliphatic rings. The molecule has 0 saturated heterocycles. The van der Waals surface area contributed by atoms with E-state index in [4.69, 9.17) is 4.42 Å². The highest BCUT2D eigenvalue weighted by atomic mass is 19.1. The fourth-order valence-electron chi connectivity index (χ4n) is 1.45. The van der Waals surface area contributed by atoms with Crippen LogP contribution in [0, 0.1) is 12.7 Å². The molecule has 1 aromatic carbocycles. The van der Waals surface area contributed by atoms with E-state index in [1.165, 1.54) is 18.2 Å². The van der Waals surface area contributed by atoms with Gasteiger partial charge in [0.2, 0.25) is 17.7 Å². The molecule has 18 heavy (non-hydrogen) atoms. The van der Waals surface area contributed by atoms with Crippen molar-refractivity contribution in [2.24, 2.45) is 0 Å². The lowest BCUT2D eigenvalue weighted by Gasteiger charge is -2.03. The highest BCUT2D eigenvalue weighted by Crippen LogP contribution is 2.10. The largest absolute Gasteiger partial charge is 0.426 e. The first-order chi connectivity index (χ1) is 8.63. The molecule has 6 heteroatoms. The zero-order chi connectivity index (χ0) is 13.0. The number of amides is 1. The summed E-state index contributed by atoms with van der Waals surface area (Å²) in [5.41, 5.74) is 0.432. The molecule has 1 amide bonds. The van der Waals surface area contributed by atoms with Gasteiger partial charge in [-0.1, -0.05) is 6.07 Å². The Labute approximate surface area is 103 Å². The smallest absolute Gasteiger partial charge is 0.224 e. The summed E-state index contributed by atoms with van der Waals surface area (Å²) in [7, 11) is 0. The van der Waals surface area contributed by atoms with Gasteiger partial charge < -0.3 is 9.73 Å². The quantitative estimate of drug-likeness (QED) is 0.900. The van der Waals surface area contributed by atoms with Gasteiger partial charge in [-0.05, 0) is 18.2 Å². The van der Waals surface area contributed by atoms with E-state index in [-0.39, 0.29) is 18.1 Å². The second-order valence-corrected chi connectivity index (χ2v) is 3.77. The number of aryl methyl sites for hydroxylation is 2. The lowest BCUT2D eigenvalue weighted by atomic mass is 10.2. The molecule has 0 bridgehead atoms. The van der Waals surface area contributed by atoms with Crippen LogP contribution in [0.4, 0.5) is 10.1 Å². The van der Waals surface area contributed by atoms with Crippen LogP contribution in [0.5, 0.6) is 0 Å². The minimum absolute atomic E-state index is 0.206. The second-order valence-electron chi connectivity index (χ2n) is 3.77. The van der Waals surface area contributed by atoms with Crippen LogP contribution in [0.3, 0.4) is 0 Å². The fourth-order valence-corrected chi connectivity index (χ4v) is 1.45. The van der Waals surface area contributed by atoms with Crippen molar-refractivity contribution in [3.8, 4) is 0 Å². The Balaban J connectivity index is 1.85. The van der Waals surface area contributed by atoms with Crippen molar-refractivity contribution in [1.29, 1.82) is 0 Å². The lowest BCUT2D eigenvalue weighted by molar-refractivity contribution is -0.116. The Morgan fingerprint density at radius 3 is 2.94 bits per heavy atom.